The Bertz CT molecular complexity index is 412. The molecular formula is C15H27ClN4O4. The highest BCUT2D eigenvalue weighted by molar-refractivity contribution is 6.18. The average Bonchev–Trinajstić information content (AvgIpc) is 2.60. The number of alkyl halides is 1. The van der Waals surface area contributed by atoms with E-state index in [1.165, 1.54) is 19.3 Å². The predicted octanol–water partition coefficient (Wildman–Crippen LogP) is 0.822. The van der Waals surface area contributed by atoms with Gasteiger partial charge in [0, 0.05) is 45.7 Å². The Balaban J connectivity index is 1.65. The van der Waals surface area contributed by atoms with Crippen LogP contribution in [-0.4, -0.2) is 90.0 Å². The maximum atomic E-state index is 12.3. The third-order valence-corrected chi connectivity index (χ3v) is 5.03. The minimum Gasteiger partial charge on any atom is -0.340 e. The number of hydrogen-bond acceptors (Lipinski definition) is 6. The minimum atomic E-state index is -0.798. The molecular weight excluding hydrogens is 336 g/mol. The molecule has 0 aliphatic carbocycles. The highest BCUT2D eigenvalue weighted by atomic mass is 35.5. The first-order chi connectivity index (χ1) is 11.6. The molecule has 1 atom stereocenters. The molecule has 0 aromatic carbocycles. The van der Waals surface area contributed by atoms with Gasteiger partial charge in [-0.1, -0.05) is 6.42 Å². The summed E-state index contributed by atoms with van der Waals surface area (Å²) in [5.41, 5.74) is 0. The molecule has 2 saturated heterocycles. The average molecular weight is 363 g/mol. The summed E-state index contributed by atoms with van der Waals surface area (Å²) in [6, 6.07) is 0. The van der Waals surface area contributed by atoms with E-state index in [4.69, 9.17) is 11.6 Å². The van der Waals surface area contributed by atoms with E-state index in [1.807, 2.05) is 4.90 Å². The fourth-order valence-corrected chi connectivity index (χ4v) is 3.45. The first-order valence-corrected chi connectivity index (χ1v) is 9.21. The van der Waals surface area contributed by atoms with Crippen LogP contribution in [0.15, 0.2) is 0 Å². The molecule has 2 aliphatic rings. The molecule has 1 unspecified atom stereocenters. The van der Waals surface area contributed by atoms with E-state index in [0.29, 0.717) is 39.1 Å². The van der Waals surface area contributed by atoms with Gasteiger partial charge < -0.3 is 14.6 Å². The summed E-state index contributed by atoms with van der Waals surface area (Å²) < 4.78 is 0. The van der Waals surface area contributed by atoms with Gasteiger partial charge in [-0.3, -0.25) is 9.69 Å². The molecule has 2 heterocycles. The Hall–Kier alpha value is -1.12. The fraction of sp³-hybridized carbons (Fsp3) is 0.933. The number of hydrogen-bond donors (Lipinski definition) is 0. The summed E-state index contributed by atoms with van der Waals surface area (Å²) in [7, 11) is 0. The van der Waals surface area contributed by atoms with Crippen molar-refractivity contribution < 1.29 is 14.7 Å². The van der Waals surface area contributed by atoms with Gasteiger partial charge in [0.2, 0.25) is 5.91 Å². The van der Waals surface area contributed by atoms with Gasteiger partial charge in [-0.05, 0) is 25.9 Å². The van der Waals surface area contributed by atoms with Crippen LogP contribution in [0.25, 0.3) is 0 Å². The van der Waals surface area contributed by atoms with Crippen LogP contribution in [0.5, 0.6) is 0 Å². The quantitative estimate of drug-likeness (QED) is 0.361. The summed E-state index contributed by atoms with van der Waals surface area (Å²) >= 11 is 5.70. The lowest BCUT2D eigenvalue weighted by atomic mass is 10.1. The molecule has 9 heteroatoms. The van der Waals surface area contributed by atoms with E-state index in [2.05, 4.69) is 14.6 Å². The molecule has 2 aliphatic heterocycles. The number of carbonyl (C=O) groups excluding carboxylic acids is 1. The maximum absolute atomic E-state index is 12.3. The first-order valence-electron chi connectivity index (χ1n) is 8.68. The topological polar surface area (TPSA) is 79.2 Å². The zero-order valence-corrected chi connectivity index (χ0v) is 14.8. The minimum absolute atomic E-state index is 0.0793. The van der Waals surface area contributed by atoms with Crippen LogP contribution in [0.3, 0.4) is 0 Å². The number of rotatable bonds is 8. The third-order valence-electron chi connectivity index (χ3n) is 4.68. The first kappa shape index (κ1) is 19.2. The van der Waals surface area contributed by atoms with Crippen LogP contribution in [0.2, 0.25) is 0 Å². The SMILES string of the molecule is O=C(CCN1CCCCC1)N1CCN(CC(CCl)O[N+](=O)[O-])CC1. The van der Waals surface area contributed by atoms with Gasteiger partial charge in [-0.2, -0.15) is 0 Å². The van der Waals surface area contributed by atoms with Crippen LogP contribution < -0.4 is 0 Å². The molecule has 0 aromatic heterocycles. The van der Waals surface area contributed by atoms with Crippen molar-refractivity contribution in [3.8, 4) is 0 Å². The van der Waals surface area contributed by atoms with Gasteiger partial charge in [0.15, 0.2) is 0 Å². The maximum Gasteiger partial charge on any atom is 0.294 e. The van der Waals surface area contributed by atoms with E-state index < -0.39 is 11.2 Å². The van der Waals surface area contributed by atoms with E-state index in [-0.39, 0.29) is 11.8 Å². The number of amides is 1. The van der Waals surface area contributed by atoms with Crippen molar-refractivity contribution in [3.05, 3.63) is 10.1 Å². The molecule has 2 fully saturated rings. The Morgan fingerprint density at radius 1 is 1.08 bits per heavy atom. The lowest BCUT2D eigenvalue weighted by molar-refractivity contribution is -0.767. The Morgan fingerprint density at radius 3 is 2.33 bits per heavy atom. The number of halogens is 1. The van der Waals surface area contributed by atoms with E-state index in [9.17, 15) is 14.9 Å². The summed E-state index contributed by atoms with van der Waals surface area (Å²) in [6.45, 7) is 6.20. The van der Waals surface area contributed by atoms with Crippen LogP contribution in [0.4, 0.5) is 0 Å². The summed E-state index contributed by atoms with van der Waals surface area (Å²) in [4.78, 5) is 33.6. The number of nitrogens with zero attached hydrogens (tertiary/aromatic N) is 4. The molecule has 0 saturated carbocycles. The largest absolute Gasteiger partial charge is 0.340 e. The zero-order chi connectivity index (χ0) is 17.4. The normalized spacial score (nSPS) is 21.5. The summed E-state index contributed by atoms with van der Waals surface area (Å²) in [6.07, 6.45) is 3.73. The van der Waals surface area contributed by atoms with Gasteiger partial charge in [0.1, 0.15) is 6.10 Å². The second kappa shape index (κ2) is 10.0. The highest BCUT2D eigenvalue weighted by Crippen LogP contribution is 2.11. The standard InChI is InChI=1S/C15H27ClN4O4/c16-12-14(24-20(22)23)13-18-8-10-19(11-9-18)15(21)4-7-17-5-2-1-3-6-17/h14H,1-13H2. The second-order valence-electron chi connectivity index (χ2n) is 6.44. The molecule has 138 valence electrons. The molecule has 1 amide bonds. The molecule has 0 N–H and O–H groups in total. The van der Waals surface area contributed by atoms with Crippen LogP contribution in [0.1, 0.15) is 25.7 Å². The predicted molar refractivity (Wildman–Crippen MR) is 90.5 cm³/mol. The molecule has 24 heavy (non-hydrogen) atoms. The molecule has 8 nitrogen and oxygen atoms in total. The third kappa shape index (κ3) is 6.41. The fourth-order valence-electron chi connectivity index (χ4n) is 3.29. The van der Waals surface area contributed by atoms with Gasteiger partial charge in [0.05, 0.1) is 5.88 Å². The van der Waals surface area contributed by atoms with Gasteiger partial charge in [-0.25, -0.2) is 0 Å². The molecule has 0 aromatic rings. The monoisotopic (exact) mass is 362 g/mol. The van der Waals surface area contributed by atoms with Crippen molar-refractivity contribution in [1.29, 1.82) is 0 Å². The molecule has 0 bridgehead atoms. The molecule has 2 rings (SSSR count). The van der Waals surface area contributed by atoms with Crippen LogP contribution in [0, 0.1) is 10.1 Å². The summed E-state index contributed by atoms with van der Waals surface area (Å²) in [5.74, 6) is 0.284. The van der Waals surface area contributed by atoms with E-state index >= 15 is 0 Å². The van der Waals surface area contributed by atoms with Crippen molar-refractivity contribution in [3.63, 3.8) is 0 Å². The smallest absolute Gasteiger partial charge is 0.294 e. The van der Waals surface area contributed by atoms with Gasteiger partial charge >= 0.3 is 0 Å². The number of carbonyl (C=O) groups is 1. The highest BCUT2D eigenvalue weighted by Gasteiger charge is 2.24. The van der Waals surface area contributed by atoms with Crippen molar-refractivity contribution >= 4 is 17.5 Å². The van der Waals surface area contributed by atoms with Gasteiger partial charge in [0.25, 0.3) is 5.09 Å². The van der Waals surface area contributed by atoms with Crippen molar-refractivity contribution in [1.82, 2.24) is 14.7 Å². The summed E-state index contributed by atoms with van der Waals surface area (Å²) in [5, 5.41) is 9.61. The number of likely N-dealkylation sites (tertiary alicyclic amines) is 1. The van der Waals surface area contributed by atoms with Crippen molar-refractivity contribution in [2.24, 2.45) is 0 Å². The lowest BCUT2D eigenvalue weighted by Crippen LogP contribution is -2.51. The van der Waals surface area contributed by atoms with Crippen LogP contribution in [-0.2, 0) is 9.63 Å². The second-order valence-corrected chi connectivity index (χ2v) is 6.75. The van der Waals surface area contributed by atoms with Gasteiger partial charge in [-0.15, -0.1) is 21.7 Å². The zero-order valence-electron chi connectivity index (χ0n) is 14.1. The van der Waals surface area contributed by atoms with Crippen molar-refractivity contribution in [2.75, 3.05) is 58.2 Å². The van der Waals surface area contributed by atoms with E-state index in [1.54, 1.807) is 0 Å². The number of piperazine rings is 1. The lowest BCUT2D eigenvalue weighted by Gasteiger charge is -2.36. The molecule has 0 spiro atoms. The van der Waals surface area contributed by atoms with Crippen molar-refractivity contribution in [2.45, 2.75) is 31.8 Å². The number of piperidine rings is 1. The molecule has 0 radical (unpaired) electrons. The van der Waals surface area contributed by atoms with E-state index in [0.717, 1.165) is 19.6 Å². The van der Waals surface area contributed by atoms with Crippen LogP contribution >= 0.6 is 11.6 Å². The Labute approximate surface area is 147 Å². The Kier molecular flexibility index (Phi) is 8.01. The Morgan fingerprint density at radius 2 is 1.75 bits per heavy atom.